The molecule has 0 aliphatic carbocycles. The Kier molecular flexibility index (Phi) is 8.20. The summed E-state index contributed by atoms with van der Waals surface area (Å²) in [6, 6.07) is 27.0. The molecule has 0 bridgehead atoms. The van der Waals surface area contributed by atoms with Crippen LogP contribution in [0.1, 0.15) is 44.2 Å². The molecule has 1 unspecified atom stereocenters. The smallest absolute Gasteiger partial charge is 0.142 e. The van der Waals surface area contributed by atoms with Crippen LogP contribution in [0.25, 0.3) is 0 Å². The zero-order valence-electron chi connectivity index (χ0n) is 18.3. The molecule has 0 saturated heterocycles. The molecule has 1 N–H and O–H groups in total. The molecule has 3 rings (SSSR count). The second kappa shape index (κ2) is 11.3. The van der Waals surface area contributed by atoms with Gasteiger partial charge in [-0.2, -0.15) is 0 Å². The Morgan fingerprint density at radius 1 is 0.800 bits per heavy atom. The molecule has 3 nitrogen and oxygen atoms in total. The van der Waals surface area contributed by atoms with E-state index in [-0.39, 0.29) is 6.10 Å². The number of anilines is 1. The Balaban J connectivity index is 1.45. The average molecular weight is 404 g/mol. The Hall–Kier alpha value is -2.94. The molecule has 158 valence electrons. The number of benzene rings is 3. The van der Waals surface area contributed by atoms with E-state index in [1.54, 1.807) is 0 Å². The van der Waals surface area contributed by atoms with Gasteiger partial charge in [0, 0.05) is 0 Å². The monoisotopic (exact) mass is 403 g/mol. The third kappa shape index (κ3) is 6.84. The number of aryl methyl sites for hydroxylation is 1. The van der Waals surface area contributed by atoms with Crippen LogP contribution < -0.4 is 14.8 Å². The Bertz CT molecular complexity index is 875. The largest absolute Gasteiger partial charge is 0.491 e. The van der Waals surface area contributed by atoms with Gasteiger partial charge >= 0.3 is 0 Å². The highest BCUT2D eigenvalue weighted by molar-refractivity contribution is 5.56. The number of nitrogens with one attached hydrogen (secondary N) is 1. The van der Waals surface area contributed by atoms with Gasteiger partial charge in [-0.05, 0) is 61.1 Å². The van der Waals surface area contributed by atoms with E-state index in [0.29, 0.717) is 19.1 Å². The number of hydrogen-bond donors (Lipinski definition) is 1. The maximum Gasteiger partial charge on any atom is 0.142 e. The van der Waals surface area contributed by atoms with Gasteiger partial charge in [-0.3, -0.25) is 0 Å². The third-order valence-electron chi connectivity index (χ3n) is 5.06. The Labute approximate surface area is 181 Å². The molecule has 3 heteroatoms. The summed E-state index contributed by atoms with van der Waals surface area (Å²) in [5.41, 5.74) is 3.68. The van der Waals surface area contributed by atoms with Crippen molar-refractivity contribution in [2.24, 2.45) is 0 Å². The Morgan fingerprint density at radius 2 is 1.50 bits per heavy atom. The van der Waals surface area contributed by atoms with Gasteiger partial charge in [0.2, 0.25) is 0 Å². The van der Waals surface area contributed by atoms with Crippen molar-refractivity contribution in [1.29, 1.82) is 0 Å². The van der Waals surface area contributed by atoms with Crippen molar-refractivity contribution >= 4 is 5.69 Å². The lowest BCUT2D eigenvalue weighted by Crippen LogP contribution is -2.23. The molecular formula is C27H33NO2. The molecule has 0 radical (unpaired) electrons. The minimum absolute atomic E-state index is 0.0426. The van der Waals surface area contributed by atoms with Crippen LogP contribution in [0.4, 0.5) is 5.69 Å². The number of ether oxygens (including phenoxy) is 2. The number of rotatable bonds is 11. The first-order valence-corrected chi connectivity index (χ1v) is 10.9. The van der Waals surface area contributed by atoms with E-state index in [4.69, 9.17) is 9.47 Å². The highest BCUT2D eigenvalue weighted by Gasteiger charge is 2.08. The van der Waals surface area contributed by atoms with Gasteiger partial charge in [-0.15, -0.1) is 0 Å². The summed E-state index contributed by atoms with van der Waals surface area (Å²) in [6.07, 6.45) is 2.06. The molecule has 0 amide bonds. The highest BCUT2D eigenvalue weighted by Crippen LogP contribution is 2.24. The van der Waals surface area contributed by atoms with Gasteiger partial charge in [0.05, 0.1) is 18.8 Å². The summed E-state index contributed by atoms with van der Waals surface area (Å²) in [5, 5.41) is 3.47. The van der Waals surface area contributed by atoms with Crippen molar-refractivity contribution in [3.63, 3.8) is 0 Å². The average Bonchev–Trinajstić information content (AvgIpc) is 2.77. The molecule has 1 atom stereocenters. The summed E-state index contributed by atoms with van der Waals surface area (Å²) < 4.78 is 12.1. The molecule has 0 aromatic heterocycles. The fraction of sp³-hybridized carbons (Fsp3) is 0.333. The van der Waals surface area contributed by atoms with Crippen molar-refractivity contribution in [1.82, 2.24) is 0 Å². The summed E-state index contributed by atoms with van der Waals surface area (Å²) in [5.74, 6) is 2.32. The van der Waals surface area contributed by atoms with Crippen molar-refractivity contribution in [2.75, 3.05) is 18.5 Å². The van der Waals surface area contributed by atoms with Gasteiger partial charge in [0.25, 0.3) is 0 Å². The summed E-state index contributed by atoms with van der Waals surface area (Å²) in [7, 11) is 0. The van der Waals surface area contributed by atoms with Crippen molar-refractivity contribution in [2.45, 2.75) is 45.6 Å². The van der Waals surface area contributed by atoms with Crippen LogP contribution in [0.5, 0.6) is 11.5 Å². The fourth-order valence-corrected chi connectivity index (χ4v) is 3.30. The molecule has 0 aliphatic heterocycles. The van der Waals surface area contributed by atoms with Gasteiger partial charge in [-0.25, -0.2) is 0 Å². The van der Waals surface area contributed by atoms with Crippen LogP contribution in [0.15, 0.2) is 78.9 Å². The van der Waals surface area contributed by atoms with E-state index in [1.807, 2.05) is 24.3 Å². The van der Waals surface area contributed by atoms with Crippen LogP contribution in [0.2, 0.25) is 0 Å². The van der Waals surface area contributed by atoms with E-state index in [2.05, 4.69) is 80.7 Å². The molecule has 0 spiro atoms. The van der Waals surface area contributed by atoms with Gasteiger partial charge < -0.3 is 14.8 Å². The lowest BCUT2D eigenvalue weighted by atomic mass is 10.0. The van der Waals surface area contributed by atoms with E-state index in [1.165, 1.54) is 11.1 Å². The molecule has 30 heavy (non-hydrogen) atoms. The fourth-order valence-electron chi connectivity index (χ4n) is 3.30. The van der Waals surface area contributed by atoms with Crippen LogP contribution in [-0.4, -0.2) is 19.3 Å². The van der Waals surface area contributed by atoms with E-state index in [9.17, 15) is 0 Å². The van der Waals surface area contributed by atoms with Crippen LogP contribution in [0.3, 0.4) is 0 Å². The summed E-state index contributed by atoms with van der Waals surface area (Å²) >= 11 is 0. The van der Waals surface area contributed by atoms with Crippen molar-refractivity contribution in [3.8, 4) is 11.5 Å². The molecule has 3 aromatic carbocycles. The van der Waals surface area contributed by atoms with Gasteiger partial charge in [0.1, 0.15) is 17.6 Å². The van der Waals surface area contributed by atoms with Crippen molar-refractivity contribution < 1.29 is 9.47 Å². The molecule has 0 fully saturated rings. The maximum absolute atomic E-state index is 6.05. The second-order valence-electron chi connectivity index (χ2n) is 7.97. The molecule has 0 aliphatic rings. The molecule has 0 saturated carbocycles. The first kappa shape index (κ1) is 21.8. The van der Waals surface area contributed by atoms with Crippen LogP contribution in [0, 0.1) is 0 Å². The lowest BCUT2D eigenvalue weighted by Gasteiger charge is -2.18. The zero-order chi connectivity index (χ0) is 21.2. The lowest BCUT2D eigenvalue weighted by molar-refractivity contribution is 0.234. The van der Waals surface area contributed by atoms with E-state index in [0.717, 1.165) is 30.0 Å². The SMILES string of the molecule is CC(CNc1ccccc1OCCCc1ccccc1)Oc1ccc(C(C)C)cc1. The van der Waals surface area contributed by atoms with Crippen molar-refractivity contribution in [3.05, 3.63) is 90.0 Å². The molecule has 3 aromatic rings. The topological polar surface area (TPSA) is 30.5 Å². The zero-order valence-corrected chi connectivity index (χ0v) is 18.3. The normalized spacial score (nSPS) is 11.9. The summed E-state index contributed by atoms with van der Waals surface area (Å²) in [4.78, 5) is 0. The standard InChI is InChI=1S/C27H33NO2/c1-21(2)24-15-17-25(18-16-24)30-22(3)20-28-26-13-7-8-14-27(26)29-19-9-12-23-10-5-4-6-11-23/h4-8,10-11,13-18,21-22,28H,9,12,19-20H2,1-3H3. The van der Waals surface area contributed by atoms with Crippen LogP contribution >= 0.6 is 0 Å². The highest BCUT2D eigenvalue weighted by atomic mass is 16.5. The quantitative estimate of drug-likeness (QED) is 0.361. The van der Waals surface area contributed by atoms with Gasteiger partial charge in [-0.1, -0.05) is 68.4 Å². The first-order chi connectivity index (χ1) is 14.6. The molecule has 0 heterocycles. The maximum atomic E-state index is 6.05. The predicted octanol–water partition coefficient (Wildman–Crippen LogP) is 6.70. The van der Waals surface area contributed by atoms with E-state index >= 15 is 0 Å². The Morgan fingerprint density at radius 3 is 2.23 bits per heavy atom. The molecular weight excluding hydrogens is 370 g/mol. The minimum Gasteiger partial charge on any atom is -0.491 e. The first-order valence-electron chi connectivity index (χ1n) is 10.9. The predicted molar refractivity (Wildman–Crippen MR) is 126 cm³/mol. The second-order valence-corrected chi connectivity index (χ2v) is 7.97. The summed E-state index contributed by atoms with van der Waals surface area (Å²) in [6.45, 7) is 7.87. The van der Waals surface area contributed by atoms with Crippen LogP contribution in [-0.2, 0) is 6.42 Å². The number of hydrogen-bond acceptors (Lipinski definition) is 3. The third-order valence-corrected chi connectivity index (χ3v) is 5.06. The van der Waals surface area contributed by atoms with Gasteiger partial charge in [0.15, 0.2) is 0 Å². The van der Waals surface area contributed by atoms with E-state index < -0.39 is 0 Å². The number of para-hydroxylation sites is 2. The minimum atomic E-state index is 0.0426.